The van der Waals surface area contributed by atoms with Crippen LogP contribution in [0, 0.1) is 10.8 Å². The molecule has 1 unspecified atom stereocenters. The summed E-state index contributed by atoms with van der Waals surface area (Å²) in [6.45, 7) is 14.1. The lowest BCUT2D eigenvalue weighted by Crippen LogP contribution is -2.29. The maximum absolute atomic E-state index is 12.5. The van der Waals surface area contributed by atoms with Crippen LogP contribution < -0.4 is 0 Å². The molecule has 0 spiro atoms. The highest BCUT2D eigenvalue weighted by molar-refractivity contribution is 7.53. The molecule has 0 N–H and O–H groups in total. The van der Waals surface area contributed by atoms with Crippen LogP contribution in [-0.2, 0) is 23.1 Å². The Hall–Kier alpha value is -0.900. The van der Waals surface area contributed by atoms with Gasteiger partial charge in [-0.3, -0.25) is 9.36 Å². The third-order valence-corrected chi connectivity index (χ3v) is 6.36. The lowest BCUT2D eigenvalue weighted by Gasteiger charge is -2.26. The molecule has 25 heavy (non-hydrogen) atoms. The number of carbonyl (C=O) groups is 1. The number of ether oxygens (including phenoxy) is 1. The van der Waals surface area contributed by atoms with Gasteiger partial charge in [0.1, 0.15) is 0 Å². The Morgan fingerprint density at radius 2 is 1.76 bits per heavy atom. The molecule has 0 aromatic rings. The zero-order valence-corrected chi connectivity index (χ0v) is 17.8. The van der Waals surface area contributed by atoms with Crippen LogP contribution in [0.2, 0.25) is 0 Å². The summed E-state index contributed by atoms with van der Waals surface area (Å²) in [7, 11) is -0.810. The number of hydrogen-bond donors (Lipinski definition) is 0. The van der Waals surface area contributed by atoms with E-state index in [-0.39, 0.29) is 17.7 Å². The number of carbonyl (C=O) groups excluding carboxylic acids is 1. The van der Waals surface area contributed by atoms with Crippen molar-refractivity contribution in [1.29, 1.82) is 0 Å². The van der Waals surface area contributed by atoms with Gasteiger partial charge in [-0.15, -0.1) is 6.58 Å². The second kappa shape index (κ2) is 10.3. The first-order valence-corrected chi connectivity index (χ1v) is 10.4. The van der Waals surface area contributed by atoms with Crippen molar-refractivity contribution < 1.29 is 23.1 Å². The van der Waals surface area contributed by atoms with Crippen molar-refractivity contribution in [2.24, 2.45) is 10.8 Å². The van der Waals surface area contributed by atoms with Gasteiger partial charge >= 0.3 is 13.6 Å². The SMILES string of the molecule is C=CC(C)(C)CCC(C)=CCC(C)(CC)C(=O)OCP(=O)(OC)OC. The summed E-state index contributed by atoms with van der Waals surface area (Å²) in [4.78, 5) is 12.5. The zero-order valence-electron chi connectivity index (χ0n) is 16.9. The molecule has 0 aliphatic heterocycles. The van der Waals surface area contributed by atoms with Crippen LogP contribution in [0.4, 0.5) is 0 Å². The first-order valence-electron chi connectivity index (χ1n) is 8.64. The maximum Gasteiger partial charge on any atom is 0.367 e. The highest BCUT2D eigenvalue weighted by Gasteiger charge is 2.34. The molecule has 0 saturated carbocycles. The minimum absolute atomic E-state index is 0.101. The quantitative estimate of drug-likeness (QED) is 0.248. The summed E-state index contributed by atoms with van der Waals surface area (Å²) in [6, 6.07) is 0. The second-order valence-corrected chi connectivity index (χ2v) is 9.61. The van der Waals surface area contributed by atoms with Gasteiger partial charge in [-0.2, -0.15) is 0 Å². The molecule has 0 fully saturated rings. The van der Waals surface area contributed by atoms with Crippen LogP contribution >= 0.6 is 7.60 Å². The monoisotopic (exact) mass is 374 g/mol. The lowest BCUT2D eigenvalue weighted by molar-refractivity contribution is -0.153. The van der Waals surface area contributed by atoms with Crippen molar-refractivity contribution >= 4 is 13.6 Å². The predicted octanol–water partition coefficient (Wildman–Crippen LogP) is 5.72. The number of esters is 1. The van der Waals surface area contributed by atoms with Crippen LogP contribution in [0.25, 0.3) is 0 Å². The molecule has 6 heteroatoms. The van der Waals surface area contributed by atoms with Crippen molar-refractivity contribution in [3.63, 3.8) is 0 Å². The van der Waals surface area contributed by atoms with E-state index >= 15 is 0 Å². The number of allylic oxidation sites excluding steroid dienone is 3. The first-order chi connectivity index (χ1) is 11.5. The van der Waals surface area contributed by atoms with E-state index in [4.69, 9.17) is 13.8 Å². The summed E-state index contributed by atoms with van der Waals surface area (Å²) in [5, 5.41) is 0. The Morgan fingerprint density at radius 1 is 1.20 bits per heavy atom. The molecule has 146 valence electrons. The zero-order chi connectivity index (χ0) is 19.7. The largest absolute Gasteiger partial charge is 0.452 e. The molecule has 0 rings (SSSR count). The average Bonchev–Trinajstić information content (AvgIpc) is 2.62. The number of rotatable bonds is 12. The van der Waals surface area contributed by atoms with Crippen molar-refractivity contribution in [2.75, 3.05) is 20.6 Å². The molecule has 0 aromatic carbocycles. The normalized spacial score (nSPS) is 15.6. The number of hydrogen-bond acceptors (Lipinski definition) is 5. The maximum atomic E-state index is 12.5. The van der Waals surface area contributed by atoms with Gasteiger partial charge in [0.25, 0.3) is 0 Å². The van der Waals surface area contributed by atoms with Crippen LogP contribution in [0.1, 0.15) is 60.3 Å². The molecule has 0 bridgehead atoms. The van der Waals surface area contributed by atoms with E-state index in [1.807, 2.05) is 19.9 Å². The topological polar surface area (TPSA) is 61.8 Å². The van der Waals surface area contributed by atoms with Crippen molar-refractivity contribution in [3.8, 4) is 0 Å². The van der Waals surface area contributed by atoms with E-state index in [2.05, 4.69) is 33.4 Å². The van der Waals surface area contributed by atoms with Gasteiger partial charge in [0.2, 0.25) is 0 Å². The predicted molar refractivity (Wildman–Crippen MR) is 103 cm³/mol. The molecular weight excluding hydrogens is 339 g/mol. The Morgan fingerprint density at radius 3 is 2.20 bits per heavy atom. The Bertz CT molecular complexity index is 516. The summed E-state index contributed by atoms with van der Waals surface area (Å²) in [5.74, 6) is -0.389. The Kier molecular flexibility index (Phi) is 9.93. The molecule has 0 radical (unpaired) electrons. The van der Waals surface area contributed by atoms with Gasteiger partial charge in [-0.1, -0.05) is 38.5 Å². The standard InChI is InChI=1S/C19H35O5P/c1-9-18(4,5)13-11-16(3)12-14-19(6,10-2)17(20)24-15-25(21,22-7)23-8/h9,12H,1,10-11,13-15H2,2-8H3. The Balaban J connectivity index is 4.81. The lowest BCUT2D eigenvalue weighted by atomic mass is 9.82. The van der Waals surface area contributed by atoms with Crippen molar-refractivity contribution in [1.82, 2.24) is 0 Å². The molecule has 0 saturated heterocycles. The van der Waals surface area contributed by atoms with Gasteiger partial charge in [0.05, 0.1) is 5.41 Å². The van der Waals surface area contributed by atoms with E-state index in [0.29, 0.717) is 12.8 Å². The molecule has 0 aliphatic carbocycles. The molecule has 0 heterocycles. The summed E-state index contributed by atoms with van der Waals surface area (Å²) < 4.78 is 26.8. The van der Waals surface area contributed by atoms with Crippen LogP contribution in [-0.4, -0.2) is 26.5 Å². The fourth-order valence-electron chi connectivity index (χ4n) is 1.99. The average molecular weight is 374 g/mol. The van der Waals surface area contributed by atoms with E-state index in [0.717, 1.165) is 12.8 Å². The molecule has 0 aliphatic rings. The third kappa shape index (κ3) is 8.35. The van der Waals surface area contributed by atoms with Crippen LogP contribution in [0.5, 0.6) is 0 Å². The van der Waals surface area contributed by atoms with Crippen LogP contribution in [0.3, 0.4) is 0 Å². The van der Waals surface area contributed by atoms with Gasteiger partial charge in [-0.25, -0.2) is 0 Å². The Labute approximate surface area is 153 Å². The summed E-state index contributed by atoms with van der Waals surface area (Å²) in [5.41, 5.74) is 0.673. The van der Waals surface area contributed by atoms with Gasteiger partial charge in [0.15, 0.2) is 6.35 Å². The fourth-order valence-corrected chi connectivity index (χ4v) is 2.62. The minimum Gasteiger partial charge on any atom is -0.452 e. The molecule has 1 atom stereocenters. The van der Waals surface area contributed by atoms with E-state index in [1.165, 1.54) is 19.8 Å². The van der Waals surface area contributed by atoms with Crippen molar-refractivity contribution in [3.05, 3.63) is 24.3 Å². The third-order valence-electron chi connectivity index (χ3n) is 4.80. The van der Waals surface area contributed by atoms with E-state index in [9.17, 15) is 9.36 Å². The second-order valence-electron chi connectivity index (χ2n) is 7.40. The van der Waals surface area contributed by atoms with E-state index < -0.39 is 13.0 Å². The molecule has 0 amide bonds. The van der Waals surface area contributed by atoms with Crippen LogP contribution in [0.15, 0.2) is 24.3 Å². The molecular formula is C19H35O5P. The molecule has 0 aromatic heterocycles. The van der Waals surface area contributed by atoms with Gasteiger partial charge < -0.3 is 13.8 Å². The molecule has 5 nitrogen and oxygen atoms in total. The summed E-state index contributed by atoms with van der Waals surface area (Å²) in [6.07, 6.45) is 6.86. The summed E-state index contributed by atoms with van der Waals surface area (Å²) >= 11 is 0. The van der Waals surface area contributed by atoms with Crippen molar-refractivity contribution in [2.45, 2.75) is 60.3 Å². The fraction of sp³-hybridized carbons (Fsp3) is 0.737. The van der Waals surface area contributed by atoms with E-state index in [1.54, 1.807) is 0 Å². The smallest absolute Gasteiger partial charge is 0.367 e. The van der Waals surface area contributed by atoms with Gasteiger partial charge in [0, 0.05) is 14.2 Å². The highest BCUT2D eigenvalue weighted by atomic mass is 31.2. The van der Waals surface area contributed by atoms with Gasteiger partial charge in [-0.05, 0) is 44.9 Å². The highest BCUT2D eigenvalue weighted by Crippen LogP contribution is 2.46. The minimum atomic E-state index is -3.35. The first kappa shape index (κ1) is 24.1.